The third-order valence-electron chi connectivity index (χ3n) is 5.30. The molecule has 0 radical (unpaired) electrons. The van der Waals surface area contributed by atoms with Crippen LogP contribution >= 0.6 is 0 Å². The molecule has 2 N–H and O–H groups in total. The summed E-state index contributed by atoms with van der Waals surface area (Å²) in [5.41, 5.74) is 1.87. The normalized spacial score (nSPS) is 19.4. The third kappa shape index (κ3) is 5.68. The maximum absolute atomic E-state index is 12.8. The summed E-state index contributed by atoms with van der Waals surface area (Å²) >= 11 is 0. The Morgan fingerprint density at radius 1 is 1.31 bits per heavy atom. The molecule has 1 aromatic heterocycles. The van der Waals surface area contributed by atoms with Crippen molar-refractivity contribution < 1.29 is 9.59 Å². The van der Waals surface area contributed by atoms with Crippen molar-refractivity contribution in [2.45, 2.75) is 65.5 Å². The molecule has 0 bridgehead atoms. The molecule has 2 atom stereocenters. The van der Waals surface area contributed by atoms with Crippen LogP contribution in [0.3, 0.4) is 0 Å². The number of imidazole rings is 1. The highest BCUT2D eigenvalue weighted by Gasteiger charge is 2.31. The number of benzene rings is 1. The van der Waals surface area contributed by atoms with Crippen molar-refractivity contribution in [3.05, 3.63) is 48.0 Å². The van der Waals surface area contributed by atoms with E-state index in [-0.39, 0.29) is 30.2 Å². The van der Waals surface area contributed by atoms with E-state index < -0.39 is 0 Å². The van der Waals surface area contributed by atoms with Crippen molar-refractivity contribution in [1.29, 1.82) is 0 Å². The lowest BCUT2D eigenvalue weighted by Gasteiger charge is -2.30. The Bertz CT molecular complexity index is 856. The van der Waals surface area contributed by atoms with E-state index in [4.69, 9.17) is 0 Å². The fourth-order valence-electron chi connectivity index (χ4n) is 4.06. The Balaban J connectivity index is 1.65. The first-order valence-corrected chi connectivity index (χ1v) is 10.5. The number of hydrogen-bond donors (Lipinski definition) is 2. The van der Waals surface area contributed by atoms with Gasteiger partial charge in [0.2, 0.25) is 11.8 Å². The summed E-state index contributed by atoms with van der Waals surface area (Å²) in [7, 11) is 0. The van der Waals surface area contributed by atoms with E-state index in [9.17, 15) is 9.59 Å². The summed E-state index contributed by atoms with van der Waals surface area (Å²) in [6, 6.07) is 7.97. The van der Waals surface area contributed by atoms with E-state index in [0.717, 1.165) is 23.5 Å². The van der Waals surface area contributed by atoms with Gasteiger partial charge in [0.25, 0.3) is 0 Å². The lowest BCUT2D eigenvalue weighted by atomic mass is 9.87. The average molecular weight is 397 g/mol. The maximum atomic E-state index is 12.8. The Labute approximate surface area is 173 Å². The topological polar surface area (TPSA) is 76.0 Å². The summed E-state index contributed by atoms with van der Waals surface area (Å²) in [5.74, 6) is 1.50. The van der Waals surface area contributed by atoms with Gasteiger partial charge < -0.3 is 15.2 Å². The molecule has 0 unspecified atom stereocenters. The highest BCUT2D eigenvalue weighted by molar-refractivity contribution is 5.95. The molecule has 6 nitrogen and oxygen atoms in total. The molecular formula is C23H32N4O2. The minimum absolute atomic E-state index is 0.0304. The van der Waals surface area contributed by atoms with Gasteiger partial charge in [0, 0.05) is 48.9 Å². The smallest absolute Gasteiger partial charge is 0.228 e. The fraction of sp³-hybridized carbons (Fsp3) is 0.522. The standard InChI is InChI=1S/C23H32N4O2/c1-15(2)10-20-12-18(13-21(28)25-20)23(29)26-19-7-5-6-17(11-19)14-27-9-8-24-22(27)16(3)4/h5-9,11,15-16,18,20H,10,12-14H2,1-4H3,(H,25,28)(H,26,29)/t18-,20+/m1/s1. The molecule has 2 amide bonds. The van der Waals surface area contributed by atoms with E-state index in [1.165, 1.54) is 0 Å². The second-order valence-corrected chi connectivity index (χ2v) is 8.79. The second kappa shape index (κ2) is 9.25. The van der Waals surface area contributed by atoms with E-state index in [2.05, 4.69) is 47.9 Å². The lowest BCUT2D eigenvalue weighted by Crippen LogP contribution is -2.46. The zero-order valence-electron chi connectivity index (χ0n) is 17.8. The van der Waals surface area contributed by atoms with Crippen molar-refractivity contribution in [2.24, 2.45) is 11.8 Å². The van der Waals surface area contributed by atoms with Gasteiger partial charge in [0.15, 0.2) is 0 Å². The minimum Gasteiger partial charge on any atom is -0.353 e. The molecule has 1 aromatic carbocycles. The van der Waals surface area contributed by atoms with E-state index in [1.807, 2.05) is 36.7 Å². The first-order valence-electron chi connectivity index (χ1n) is 10.5. The molecule has 0 aliphatic carbocycles. The van der Waals surface area contributed by atoms with Crippen molar-refractivity contribution >= 4 is 17.5 Å². The number of piperidine rings is 1. The van der Waals surface area contributed by atoms with Crippen LogP contribution in [0, 0.1) is 11.8 Å². The molecule has 0 spiro atoms. The van der Waals surface area contributed by atoms with Gasteiger partial charge in [0.05, 0.1) is 0 Å². The summed E-state index contributed by atoms with van der Waals surface area (Å²) < 4.78 is 2.13. The number of amides is 2. The molecule has 2 aromatic rings. The number of carbonyl (C=O) groups is 2. The van der Waals surface area contributed by atoms with Crippen molar-refractivity contribution in [3.8, 4) is 0 Å². The zero-order chi connectivity index (χ0) is 21.0. The number of hydrogen-bond acceptors (Lipinski definition) is 3. The molecule has 1 saturated heterocycles. The van der Waals surface area contributed by atoms with Crippen LogP contribution in [0.15, 0.2) is 36.7 Å². The predicted octanol–water partition coefficient (Wildman–Crippen LogP) is 3.93. The minimum atomic E-state index is -0.280. The average Bonchev–Trinajstić information content (AvgIpc) is 3.09. The third-order valence-corrected chi connectivity index (χ3v) is 5.30. The molecular weight excluding hydrogens is 364 g/mol. The summed E-state index contributed by atoms with van der Waals surface area (Å²) in [5, 5.41) is 6.04. The molecule has 29 heavy (non-hydrogen) atoms. The van der Waals surface area contributed by atoms with Crippen molar-refractivity contribution in [3.63, 3.8) is 0 Å². The van der Waals surface area contributed by atoms with Crippen LogP contribution in [0.1, 0.15) is 64.3 Å². The van der Waals surface area contributed by atoms with Crippen LogP contribution < -0.4 is 10.6 Å². The predicted molar refractivity (Wildman–Crippen MR) is 115 cm³/mol. The van der Waals surface area contributed by atoms with Gasteiger partial charge in [-0.1, -0.05) is 39.8 Å². The molecule has 0 saturated carbocycles. The van der Waals surface area contributed by atoms with E-state index in [1.54, 1.807) is 0 Å². The summed E-state index contributed by atoms with van der Waals surface area (Å²) in [6.07, 6.45) is 5.65. The first-order chi connectivity index (χ1) is 13.8. The molecule has 2 heterocycles. The molecule has 1 aliphatic heterocycles. The molecule has 1 aliphatic rings. The van der Waals surface area contributed by atoms with Crippen LogP contribution in [0.2, 0.25) is 0 Å². The largest absolute Gasteiger partial charge is 0.353 e. The summed E-state index contributed by atoms with van der Waals surface area (Å²) in [6.45, 7) is 9.23. The van der Waals surface area contributed by atoms with Crippen LogP contribution in [-0.2, 0) is 16.1 Å². The number of anilines is 1. The van der Waals surface area contributed by atoms with Gasteiger partial charge in [0.1, 0.15) is 5.82 Å². The highest BCUT2D eigenvalue weighted by Crippen LogP contribution is 2.24. The Morgan fingerprint density at radius 3 is 2.83 bits per heavy atom. The van der Waals surface area contributed by atoms with Gasteiger partial charge in [-0.25, -0.2) is 4.98 Å². The van der Waals surface area contributed by atoms with Crippen LogP contribution in [0.4, 0.5) is 5.69 Å². The Kier molecular flexibility index (Phi) is 6.72. The van der Waals surface area contributed by atoms with Crippen molar-refractivity contribution in [1.82, 2.24) is 14.9 Å². The Hall–Kier alpha value is -2.63. The molecule has 156 valence electrons. The van der Waals surface area contributed by atoms with E-state index >= 15 is 0 Å². The van der Waals surface area contributed by atoms with Gasteiger partial charge >= 0.3 is 0 Å². The Morgan fingerprint density at radius 2 is 2.10 bits per heavy atom. The zero-order valence-corrected chi connectivity index (χ0v) is 17.8. The van der Waals surface area contributed by atoms with Crippen LogP contribution in [0.25, 0.3) is 0 Å². The molecule has 3 rings (SSSR count). The van der Waals surface area contributed by atoms with Gasteiger partial charge in [-0.15, -0.1) is 0 Å². The number of nitrogens with zero attached hydrogens (tertiary/aromatic N) is 2. The lowest BCUT2D eigenvalue weighted by molar-refractivity contribution is -0.131. The number of aromatic nitrogens is 2. The van der Waals surface area contributed by atoms with E-state index in [0.29, 0.717) is 24.8 Å². The second-order valence-electron chi connectivity index (χ2n) is 8.79. The number of nitrogens with one attached hydrogen (secondary N) is 2. The highest BCUT2D eigenvalue weighted by atomic mass is 16.2. The van der Waals surface area contributed by atoms with Gasteiger partial charge in [-0.3, -0.25) is 9.59 Å². The molecule has 6 heteroatoms. The fourth-order valence-corrected chi connectivity index (χ4v) is 4.06. The quantitative estimate of drug-likeness (QED) is 0.744. The summed E-state index contributed by atoms with van der Waals surface area (Å²) in [4.78, 5) is 29.3. The monoisotopic (exact) mass is 396 g/mol. The van der Waals surface area contributed by atoms with Crippen LogP contribution in [-0.4, -0.2) is 27.4 Å². The molecule has 1 fully saturated rings. The van der Waals surface area contributed by atoms with Crippen molar-refractivity contribution in [2.75, 3.05) is 5.32 Å². The van der Waals surface area contributed by atoms with Crippen LogP contribution in [0.5, 0.6) is 0 Å². The first kappa shape index (κ1) is 21.1. The number of rotatable bonds is 7. The van der Waals surface area contributed by atoms with Gasteiger partial charge in [-0.05, 0) is 36.5 Å². The maximum Gasteiger partial charge on any atom is 0.228 e. The number of carbonyl (C=O) groups excluding carboxylic acids is 2. The SMILES string of the molecule is CC(C)C[C@H]1C[C@@H](C(=O)Nc2cccc(Cn3ccnc3C(C)C)c2)CC(=O)N1. The van der Waals surface area contributed by atoms with Gasteiger partial charge in [-0.2, -0.15) is 0 Å².